The van der Waals surface area contributed by atoms with Crippen LogP contribution < -0.4 is 10.5 Å². The van der Waals surface area contributed by atoms with Crippen molar-refractivity contribution in [3.05, 3.63) is 35.4 Å². The number of benzene rings is 1. The topological polar surface area (TPSA) is 81.4 Å². The van der Waals surface area contributed by atoms with Gasteiger partial charge >= 0.3 is 0 Å². The summed E-state index contributed by atoms with van der Waals surface area (Å²) in [6.45, 7) is 1.78. The molecule has 0 bridgehead atoms. The van der Waals surface area contributed by atoms with Crippen molar-refractivity contribution in [2.45, 2.75) is 12.2 Å². The molecule has 1 aliphatic rings. The van der Waals surface area contributed by atoms with Gasteiger partial charge in [-0.3, -0.25) is 0 Å². The zero-order valence-electron chi connectivity index (χ0n) is 11.0. The quantitative estimate of drug-likeness (QED) is 0.758. The summed E-state index contributed by atoms with van der Waals surface area (Å²) in [5, 5.41) is 0. The maximum absolute atomic E-state index is 12.0. The Hall–Kier alpha value is -1.02. The fourth-order valence-electron chi connectivity index (χ4n) is 2.02. The van der Waals surface area contributed by atoms with E-state index in [-0.39, 0.29) is 11.7 Å². The van der Waals surface area contributed by atoms with Gasteiger partial charge in [-0.1, -0.05) is 36.5 Å². The second kappa shape index (κ2) is 6.62. The minimum Gasteiger partial charge on any atom is -0.389 e. The first-order valence-electron chi connectivity index (χ1n) is 6.40. The van der Waals surface area contributed by atoms with Gasteiger partial charge in [0.1, 0.15) is 4.99 Å². The maximum Gasteiger partial charge on any atom is 0.215 e. The van der Waals surface area contributed by atoms with E-state index < -0.39 is 10.0 Å². The van der Waals surface area contributed by atoms with Crippen LogP contribution in [0, 0.1) is 5.92 Å². The molecule has 5 nitrogen and oxygen atoms in total. The molecule has 1 unspecified atom stereocenters. The molecule has 1 aromatic carbocycles. The van der Waals surface area contributed by atoms with Crippen LogP contribution in [0.4, 0.5) is 0 Å². The molecule has 0 aromatic heterocycles. The Labute approximate surface area is 124 Å². The Bertz CT molecular complexity index is 564. The molecule has 1 aliphatic heterocycles. The fraction of sp³-hybridized carbons (Fsp3) is 0.462. The molecule has 110 valence electrons. The van der Waals surface area contributed by atoms with E-state index in [9.17, 15) is 8.42 Å². The van der Waals surface area contributed by atoms with Crippen LogP contribution in [0.1, 0.15) is 17.5 Å². The Morgan fingerprint density at radius 3 is 2.65 bits per heavy atom. The molecule has 0 aliphatic carbocycles. The molecule has 0 amide bonds. The van der Waals surface area contributed by atoms with Gasteiger partial charge in [0.2, 0.25) is 10.0 Å². The highest BCUT2D eigenvalue weighted by Crippen LogP contribution is 2.12. The summed E-state index contributed by atoms with van der Waals surface area (Å²) >= 11 is 4.85. The first-order chi connectivity index (χ1) is 9.46. The van der Waals surface area contributed by atoms with E-state index in [0.29, 0.717) is 30.3 Å². The number of nitrogens with two attached hydrogens (primary N) is 1. The summed E-state index contributed by atoms with van der Waals surface area (Å²) in [7, 11) is -3.32. The maximum atomic E-state index is 12.0. The molecule has 3 N–H and O–H groups in total. The molecule has 1 atom stereocenters. The lowest BCUT2D eigenvalue weighted by Crippen LogP contribution is -2.30. The van der Waals surface area contributed by atoms with Crippen LogP contribution >= 0.6 is 12.2 Å². The average Bonchev–Trinajstić information content (AvgIpc) is 2.90. The Kier molecular flexibility index (Phi) is 5.09. The van der Waals surface area contributed by atoms with Gasteiger partial charge in [0, 0.05) is 18.7 Å². The van der Waals surface area contributed by atoms with Crippen molar-refractivity contribution < 1.29 is 13.2 Å². The molecule has 1 aromatic rings. The standard InChI is InChI=1S/C13H18N2O3S2/c14-13(19)12-3-1-10(2-4-12)9-20(16,17)15-7-11-5-6-18-8-11/h1-4,11,15H,5-9H2,(H2,14,19). The van der Waals surface area contributed by atoms with Gasteiger partial charge in [-0.05, 0) is 17.9 Å². The zero-order chi connectivity index (χ0) is 14.6. The number of sulfonamides is 1. The minimum atomic E-state index is -3.32. The van der Waals surface area contributed by atoms with Crippen molar-refractivity contribution in [3.8, 4) is 0 Å². The van der Waals surface area contributed by atoms with Gasteiger partial charge in [-0.2, -0.15) is 0 Å². The van der Waals surface area contributed by atoms with Crippen molar-refractivity contribution in [1.29, 1.82) is 0 Å². The van der Waals surface area contributed by atoms with Crippen molar-refractivity contribution in [1.82, 2.24) is 4.72 Å². The number of ether oxygens (including phenoxy) is 1. The highest BCUT2D eigenvalue weighted by atomic mass is 32.2. The summed E-state index contributed by atoms with van der Waals surface area (Å²) in [5.74, 6) is 0.236. The fourth-order valence-corrected chi connectivity index (χ4v) is 3.38. The lowest BCUT2D eigenvalue weighted by molar-refractivity contribution is 0.186. The lowest BCUT2D eigenvalue weighted by Gasteiger charge is -2.10. The van der Waals surface area contributed by atoms with Crippen LogP contribution in [-0.2, 0) is 20.5 Å². The Morgan fingerprint density at radius 1 is 1.40 bits per heavy atom. The van der Waals surface area contributed by atoms with Crippen molar-refractivity contribution >= 4 is 27.2 Å². The largest absolute Gasteiger partial charge is 0.389 e. The van der Waals surface area contributed by atoms with E-state index in [1.54, 1.807) is 24.3 Å². The van der Waals surface area contributed by atoms with E-state index in [4.69, 9.17) is 22.7 Å². The molecule has 0 spiro atoms. The smallest absolute Gasteiger partial charge is 0.215 e. The molecule has 1 fully saturated rings. The van der Waals surface area contributed by atoms with Gasteiger partial charge in [0.05, 0.1) is 12.4 Å². The third kappa shape index (κ3) is 4.52. The minimum absolute atomic E-state index is 0.0435. The number of hydrogen-bond donors (Lipinski definition) is 2. The van der Waals surface area contributed by atoms with Gasteiger partial charge in [-0.25, -0.2) is 13.1 Å². The van der Waals surface area contributed by atoms with E-state index in [0.717, 1.165) is 12.0 Å². The van der Waals surface area contributed by atoms with Crippen LogP contribution in [0.5, 0.6) is 0 Å². The first kappa shape index (κ1) is 15.4. The van der Waals surface area contributed by atoms with E-state index >= 15 is 0 Å². The van der Waals surface area contributed by atoms with Gasteiger partial charge in [-0.15, -0.1) is 0 Å². The summed E-state index contributed by atoms with van der Waals surface area (Å²) in [5.41, 5.74) is 6.94. The second-order valence-corrected chi connectivity index (χ2v) is 7.15. The number of rotatable bonds is 6. The van der Waals surface area contributed by atoms with E-state index in [1.165, 1.54) is 0 Å². The Balaban J connectivity index is 1.91. The molecular formula is C13H18N2O3S2. The highest BCUT2D eigenvalue weighted by molar-refractivity contribution is 7.88. The lowest BCUT2D eigenvalue weighted by atomic mass is 10.1. The number of thiocarbonyl (C=S) groups is 1. The molecule has 2 rings (SSSR count). The van der Waals surface area contributed by atoms with Crippen LogP contribution in [-0.4, -0.2) is 33.2 Å². The first-order valence-corrected chi connectivity index (χ1v) is 8.46. The summed E-state index contributed by atoms with van der Waals surface area (Å²) in [6, 6.07) is 6.93. The average molecular weight is 314 g/mol. The molecule has 20 heavy (non-hydrogen) atoms. The summed E-state index contributed by atoms with van der Waals surface area (Å²) in [6.07, 6.45) is 0.908. The molecule has 0 radical (unpaired) electrons. The van der Waals surface area contributed by atoms with Crippen LogP contribution in [0.25, 0.3) is 0 Å². The predicted molar refractivity (Wildman–Crippen MR) is 81.9 cm³/mol. The molecule has 1 heterocycles. The second-order valence-electron chi connectivity index (χ2n) is 4.90. The summed E-state index contributed by atoms with van der Waals surface area (Å²) in [4.78, 5) is 0.304. The van der Waals surface area contributed by atoms with Crippen LogP contribution in [0.3, 0.4) is 0 Å². The van der Waals surface area contributed by atoms with Crippen LogP contribution in [0.15, 0.2) is 24.3 Å². The van der Waals surface area contributed by atoms with Crippen molar-refractivity contribution in [2.75, 3.05) is 19.8 Å². The number of nitrogens with one attached hydrogen (secondary N) is 1. The zero-order valence-corrected chi connectivity index (χ0v) is 12.7. The third-order valence-electron chi connectivity index (χ3n) is 3.21. The van der Waals surface area contributed by atoms with Gasteiger partial charge in [0.25, 0.3) is 0 Å². The van der Waals surface area contributed by atoms with E-state index in [1.807, 2.05) is 0 Å². The predicted octanol–water partition coefficient (Wildman–Crippen LogP) is 0.777. The monoisotopic (exact) mass is 314 g/mol. The van der Waals surface area contributed by atoms with E-state index in [2.05, 4.69) is 4.72 Å². The molecule has 7 heteroatoms. The van der Waals surface area contributed by atoms with Crippen molar-refractivity contribution in [3.63, 3.8) is 0 Å². The normalized spacial score (nSPS) is 19.1. The highest BCUT2D eigenvalue weighted by Gasteiger charge is 2.19. The third-order valence-corrected chi connectivity index (χ3v) is 4.77. The Morgan fingerprint density at radius 2 is 2.10 bits per heavy atom. The van der Waals surface area contributed by atoms with Gasteiger partial charge in [0.15, 0.2) is 0 Å². The van der Waals surface area contributed by atoms with Gasteiger partial charge < -0.3 is 10.5 Å². The van der Waals surface area contributed by atoms with Crippen LogP contribution in [0.2, 0.25) is 0 Å². The molecular weight excluding hydrogens is 296 g/mol. The summed E-state index contributed by atoms with van der Waals surface area (Å²) < 4.78 is 31.8. The van der Waals surface area contributed by atoms with Crippen molar-refractivity contribution in [2.24, 2.45) is 11.7 Å². The SMILES string of the molecule is NC(=S)c1ccc(CS(=O)(=O)NCC2CCOC2)cc1. The number of hydrogen-bond acceptors (Lipinski definition) is 4. The molecule has 0 saturated carbocycles. The molecule has 1 saturated heterocycles.